The molecule has 0 aromatic heterocycles. The Morgan fingerprint density at radius 2 is 1.63 bits per heavy atom. The molecular weight excluding hydrogens is 495 g/mol. The molecule has 30 heavy (non-hydrogen) atoms. The van der Waals surface area contributed by atoms with Gasteiger partial charge in [-0.15, -0.1) is 24.0 Å². The number of guanidine groups is 1. The molecule has 3 fully saturated rings. The Morgan fingerprint density at radius 3 is 2.27 bits per heavy atom. The van der Waals surface area contributed by atoms with Crippen molar-refractivity contribution in [3.63, 3.8) is 0 Å². The molecule has 1 atom stereocenters. The Bertz CT molecular complexity index is 530. The van der Waals surface area contributed by atoms with E-state index in [1.54, 1.807) is 0 Å². The van der Waals surface area contributed by atoms with Crippen molar-refractivity contribution in [3.05, 3.63) is 0 Å². The van der Waals surface area contributed by atoms with Crippen molar-refractivity contribution in [2.75, 3.05) is 91.8 Å². The number of nitrogens with zero attached hydrogens (tertiary/aromatic N) is 5. The first-order valence-electron chi connectivity index (χ1n) is 11.5. The van der Waals surface area contributed by atoms with E-state index in [4.69, 9.17) is 9.73 Å². The highest BCUT2D eigenvalue weighted by Gasteiger charge is 2.24. The maximum Gasteiger partial charge on any atom is 0.236 e. The molecule has 9 heteroatoms. The molecule has 8 nitrogen and oxygen atoms in total. The lowest BCUT2D eigenvalue weighted by molar-refractivity contribution is -0.131. The van der Waals surface area contributed by atoms with Gasteiger partial charge in [0.25, 0.3) is 0 Å². The van der Waals surface area contributed by atoms with Gasteiger partial charge in [0.2, 0.25) is 5.91 Å². The number of likely N-dealkylation sites (tertiary alicyclic amines) is 1. The summed E-state index contributed by atoms with van der Waals surface area (Å²) >= 11 is 0. The molecular formula is C21H41IN6O2. The minimum Gasteiger partial charge on any atom is -0.379 e. The number of ether oxygens (including phenoxy) is 1. The topological polar surface area (TPSA) is 63.7 Å². The molecule has 0 saturated carbocycles. The van der Waals surface area contributed by atoms with Gasteiger partial charge in [0.05, 0.1) is 19.8 Å². The number of hydrogen-bond donors (Lipinski definition) is 1. The molecule has 0 aliphatic carbocycles. The standard InChI is InChI=1S/C21H40N6O2.HI/c1-3-22-21(23-16-19(2)17-25-12-14-29-15-13-25)27-10-8-24(9-11-27)18-20(28)26-6-4-5-7-26;/h19H,3-18H2,1-2H3,(H,22,23);1H. The summed E-state index contributed by atoms with van der Waals surface area (Å²) < 4.78 is 5.44. The van der Waals surface area contributed by atoms with Gasteiger partial charge >= 0.3 is 0 Å². The average molecular weight is 537 g/mol. The van der Waals surface area contributed by atoms with Crippen LogP contribution in [-0.2, 0) is 9.53 Å². The van der Waals surface area contributed by atoms with Gasteiger partial charge in [-0.25, -0.2) is 0 Å². The summed E-state index contributed by atoms with van der Waals surface area (Å²) in [4.78, 5) is 26.5. The minimum absolute atomic E-state index is 0. The van der Waals surface area contributed by atoms with Crippen LogP contribution in [0.4, 0.5) is 0 Å². The van der Waals surface area contributed by atoms with Crippen LogP contribution in [0.15, 0.2) is 4.99 Å². The molecule has 0 radical (unpaired) electrons. The zero-order valence-electron chi connectivity index (χ0n) is 18.9. The summed E-state index contributed by atoms with van der Waals surface area (Å²) in [6.07, 6.45) is 2.32. The second-order valence-electron chi connectivity index (χ2n) is 8.56. The highest BCUT2D eigenvalue weighted by Crippen LogP contribution is 2.10. The SMILES string of the molecule is CCNC(=NCC(C)CN1CCOCC1)N1CCN(CC(=O)N2CCCC2)CC1.I. The first-order chi connectivity index (χ1) is 14.2. The van der Waals surface area contributed by atoms with Crippen molar-refractivity contribution in [1.82, 2.24) is 24.9 Å². The van der Waals surface area contributed by atoms with Crippen LogP contribution in [-0.4, -0.2) is 123 Å². The molecule has 0 bridgehead atoms. The Labute approximate surface area is 199 Å². The van der Waals surface area contributed by atoms with Gasteiger partial charge in [-0.3, -0.25) is 19.6 Å². The van der Waals surface area contributed by atoms with E-state index in [1.807, 2.05) is 4.90 Å². The Morgan fingerprint density at radius 1 is 0.967 bits per heavy atom. The fraction of sp³-hybridized carbons (Fsp3) is 0.905. The highest BCUT2D eigenvalue weighted by atomic mass is 127. The Kier molecular flexibility index (Phi) is 11.7. The Hall–Kier alpha value is -0.650. The summed E-state index contributed by atoms with van der Waals surface area (Å²) in [5.74, 6) is 1.85. The van der Waals surface area contributed by atoms with Gasteiger partial charge in [0.1, 0.15) is 0 Å². The molecule has 1 N–H and O–H groups in total. The maximum absolute atomic E-state index is 12.4. The van der Waals surface area contributed by atoms with Gasteiger partial charge in [0.15, 0.2) is 5.96 Å². The van der Waals surface area contributed by atoms with Crippen LogP contribution in [0.1, 0.15) is 26.7 Å². The van der Waals surface area contributed by atoms with Crippen molar-refractivity contribution in [1.29, 1.82) is 0 Å². The van der Waals surface area contributed by atoms with Crippen molar-refractivity contribution < 1.29 is 9.53 Å². The number of carbonyl (C=O) groups excluding carboxylic acids is 1. The zero-order valence-corrected chi connectivity index (χ0v) is 21.2. The smallest absolute Gasteiger partial charge is 0.236 e. The van der Waals surface area contributed by atoms with E-state index in [0.29, 0.717) is 18.4 Å². The molecule has 3 rings (SSSR count). The number of carbonyl (C=O) groups is 1. The van der Waals surface area contributed by atoms with Crippen LogP contribution in [0, 0.1) is 5.92 Å². The summed E-state index contributed by atoms with van der Waals surface area (Å²) in [5, 5.41) is 3.46. The van der Waals surface area contributed by atoms with Crippen molar-refractivity contribution in [3.8, 4) is 0 Å². The molecule has 0 aromatic rings. The van der Waals surface area contributed by atoms with Crippen molar-refractivity contribution in [2.24, 2.45) is 10.9 Å². The van der Waals surface area contributed by atoms with E-state index >= 15 is 0 Å². The van der Waals surface area contributed by atoms with Gasteiger partial charge in [0, 0.05) is 72.0 Å². The maximum atomic E-state index is 12.4. The first kappa shape index (κ1) is 25.6. The lowest BCUT2D eigenvalue weighted by Crippen LogP contribution is -2.54. The molecule has 0 aromatic carbocycles. The second kappa shape index (κ2) is 13.7. The molecule has 3 heterocycles. The fourth-order valence-electron chi connectivity index (χ4n) is 4.33. The number of piperazine rings is 1. The lowest BCUT2D eigenvalue weighted by Gasteiger charge is -2.37. The average Bonchev–Trinajstić information content (AvgIpc) is 3.28. The van der Waals surface area contributed by atoms with Crippen LogP contribution in [0.3, 0.4) is 0 Å². The normalized spacial score (nSPS) is 22.7. The van der Waals surface area contributed by atoms with Gasteiger partial charge < -0.3 is 19.9 Å². The third kappa shape index (κ3) is 8.12. The highest BCUT2D eigenvalue weighted by molar-refractivity contribution is 14.0. The molecule has 3 aliphatic rings. The van der Waals surface area contributed by atoms with Crippen LogP contribution in [0.5, 0.6) is 0 Å². The van der Waals surface area contributed by atoms with Gasteiger partial charge in [-0.2, -0.15) is 0 Å². The van der Waals surface area contributed by atoms with E-state index < -0.39 is 0 Å². The van der Waals surface area contributed by atoms with Crippen molar-refractivity contribution >= 4 is 35.8 Å². The molecule has 1 amide bonds. The number of morpholine rings is 1. The molecule has 1 unspecified atom stereocenters. The minimum atomic E-state index is 0. The van der Waals surface area contributed by atoms with Crippen LogP contribution >= 0.6 is 24.0 Å². The van der Waals surface area contributed by atoms with Gasteiger partial charge in [-0.05, 0) is 25.7 Å². The fourth-order valence-corrected chi connectivity index (χ4v) is 4.33. The van der Waals surface area contributed by atoms with Crippen LogP contribution in [0.25, 0.3) is 0 Å². The lowest BCUT2D eigenvalue weighted by atomic mass is 10.1. The Balaban J connectivity index is 0.00000320. The molecule has 174 valence electrons. The number of hydrogen-bond acceptors (Lipinski definition) is 5. The monoisotopic (exact) mass is 536 g/mol. The van der Waals surface area contributed by atoms with Crippen LogP contribution in [0.2, 0.25) is 0 Å². The predicted molar refractivity (Wildman–Crippen MR) is 132 cm³/mol. The van der Waals surface area contributed by atoms with Gasteiger partial charge in [-0.1, -0.05) is 6.92 Å². The summed E-state index contributed by atoms with van der Waals surface area (Å²) in [5.41, 5.74) is 0. The zero-order chi connectivity index (χ0) is 20.5. The largest absolute Gasteiger partial charge is 0.379 e. The molecule has 3 saturated heterocycles. The van der Waals surface area contributed by atoms with E-state index in [1.165, 1.54) is 0 Å². The third-order valence-corrected chi connectivity index (χ3v) is 6.05. The number of amides is 1. The van der Waals surface area contributed by atoms with E-state index in [-0.39, 0.29) is 24.0 Å². The number of nitrogens with one attached hydrogen (secondary N) is 1. The predicted octanol–water partition coefficient (Wildman–Crippen LogP) is 0.778. The van der Waals surface area contributed by atoms with E-state index in [9.17, 15) is 4.79 Å². The molecule has 3 aliphatic heterocycles. The van der Waals surface area contributed by atoms with Crippen molar-refractivity contribution in [2.45, 2.75) is 26.7 Å². The third-order valence-electron chi connectivity index (χ3n) is 6.05. The number of aliphatic imine (C=N–C) groups is 1. The van der Waals surface area contributed by atoms with E-state index in [0.717, 1.165) is 104 Å². The van der Waals surface area contributed by atoms with E-state index in [2.05, 4.69) is 33.9 Å². The number of rotatable bonds is 7. The molecule has 0 spiro atoms. The number of halogens is 1. The van der Waals surface area contributed by atoms with Crippen LogP contribution < -0.4 is 5.32 Å². The second-order valence-corrected chi connectivity index (χ2v) is 8.56. The quantitative estimate of drug-likeness (QED) is 0.295. The summed E-state index contributed by atoms with van der Waals surface area (Å²) in [7, 11) is 0. The first-order valence-corrected chi connectivity index (χ1v) is 11.5. The summed E-state index contributed by atoms with van der Waals surface area (Å²) in [6.45, 7) is 17.1. The summed E-state index contributed by atoms with van der Waals surface area (Å²) in [6, 6.07) is 0.